The van der Waals surface area contributed by atoms with Crippen molar-refractivity contribution in [3.63, 3.8) is 0 Å². The second kappa shape index (κ2) is 8.02. The quantitative estimate of drug-likeness (QED) is 0.854. The van der Waals surface area contributed by atoms with Crippen molar-refractivity contribution in [1.29, 1.82) is 0 Å². The number of amides is 1. The highest BCUT2D eigenvalue weighted by atomic mass is 16.5. The van der Waals surface area contributed by atoms with Crippen LogP contribution in [0.4, 0.5) is 0 Å². The number of rotatable bonds is 7. The topological polar surface area (TPSA) is 60.5 Å². The van der Waals surface area contributed by atoms with Crippen LogP contribution in [0.15, 0.2) is 48.8 Å². The number of hydrogen-bond acceptors (Lipinski definition) is 4. The van der Waals surface area contributed by atoms with E-state index in [1.165, 1.54) is 0 Å². The van der Waals surface area contributed by atoms with Crippen LogP contribution in [0, 0.1) is 0 Å². The number of pyridine rings is 1. The summed E-state index contributed by atoms with van der Waals surface area (Å²) in [6.07, 6.45) is 3.41. The van der Waals surface area contributed by atoms with E-state index in [4.69, 9.17) is 9.47 Å². The Morgan fingerprint density at radius 1 is 1.09 bits per heavy atom. The number of carbonyl (C=O) groups is 1. The molecule has 1 unspecified atom stereocenters. The van der Waals surface area contributed by atoms with Crippen LogP contribution >= 0.6 is 0 Å². The van der Waals surface area contributed by atoms with E-state index in [9.17, 15) is 4.79 Å². The summed E-state index contributed by atoms with van der Waals surface area (Å²) in [6.45, 7) is 4.45. The molecule has 0 aliphatic heterocycles. The maximum absolute atomic E-state index is 11.9. The maximum atomic E-state index is 11.9. The lowest BCUT2D eigenvalue weighted by Gasteiger charge is -2.14. The Morgan fingerprint density at radius 3 is 2.27 bits per heavy atom. The minimum absolute atomic E-state index is 0.0244. The molecule has 2 aromatic rings. The van der Waals surface area contributed by atoms with Crippen LogP contribution in [0.5, 0.6) is 11.5 Å². The summed E-state index contributed by atoms with van der Waals surface area (Å²) in [5.41, 5.74) is 1.00. The monoisotopic (exact) mass is 300 g/mol. The number of hydrogen-bond donors (Lipinski definition) is 1. The standard InChI is InChI=1S/C17H20N2O3/c1-3-21-15-4-6-16(7-5-15)22-12-17(20)19-13(2)14-8-10-18-11-9-14/h4-11,13H,3,12H2,1-2H3,(H,19,20). The van der Waals surface area contributed by atoms with Gasteiger partial charge in [0.05, 0.1) is 12.6 Å². The van der Waals surface area contributed by atoms with Gasteiger partial charge in [0.2, 0.25) is 0 Å². The van der Waals surface area contributed by atoms with Crippen molar-refractivity contribution in [2.75, 3.05) is 13.2 Å². The smallest absolute Gasteiger partial charge is 0.258 e. The lowest BCUT2D eigenvalue weighted by atomic mass is 10.1. The summed E-state index contributed by atoms with van der Waals surface area (Å²) < 4.78 is 10.8. The molecule has 2 rings (SSSR count). The molecule has 0 aliphatic rings. The molecule has 0 saturated carbocycles. The van der Waals surface area contributed by atoms with E-state index in [2.05, 4.69) is 10.3 Å². The third-order valence-electron chi connectivity index (χ3n) is 3.09. The molecule has 5 nitrogen and oxygen atoms in total. The number of nitrogens with zero attached hydrogens (tertiary/aromatic N) is 1. The van der Waals surface area contributed by atoms with Crippen molar-refractivity contribution in [3.05, 3.63) is 54.4 Å². The largest absolute Gasteiger partial charge is 0.494 e. The van der Waals surface area contributed by atoms with Crippen molar-refractivity contribution in [1.82, 2.24) is 10.3 Å². The molecule has 22 heavy (non-hydrogen) atoms. The highest BCUT2D eigenvalue weighted by molar-refractivity contribution is 5.78. The van der Waals surface area contributed by atoms with Crippen LogP contribution in [-0.4, -0.2) is 24.1 Å². The van der Waals surface area contributed by atoms with Gasteiger partial charge in [-0.3, -0.25) is 9.78 Å². The predicted molar refractivity (Wildman–Crippen MR) is 83.9 cm³/mol. The average Bonchev–Trinajstić information content (AvgIpc) is 2.55. The van der Waals surface area contributed by atoms with E-state index >= 15 is 0 Å². The zero-order valence-corrected chi connectivity index (χ0v) is 12.8. The molecule has 1 aromatic carbocycles. The van der Waals surface area contributed by atoms with Gasteiger partial charge in [0.25, 0.3) is 5.91 Å². The molecule has 5 heteroatoms. The van der Waals surface area contributed by atoms with Crippen molar-refractivity contribution >= 4 is 5.91 Å². The van der Waals surface area contributed by atoms with Gasteiger partial charge in [-0.1, -0.05) is 0 Å². The van der Waals surface area contributed by atoms with Gasteiger partial charge in [0.1, 0.15) is 11.5 Å². The Bertz CT molecular complexity index is 585. The molecule has 1 amide bonds. The van der Waals surface area contributed by atoms with Crippen LogP contribution in [0.3, 0.4) is 0 Å². The molecular weight excluding hydrogens is 280 g/mol. The van der Waals surface area contributed by atoms with E-state index < -0.39 is 0 Å². The predicted octanol–water partition coefficient (Wildman–Crippen LogP) is 2.74. The summed E-state index contributed by atoms with van der Waals surface area (Å²) in [7, 11) is 0. The second-order valence-corrected chi connectivity index (χ2v) is 4.76. The van der Waals surface area contributed by atoms with Crippen LogP contribution in [-0.2, 0) is 4.79 Å². The normalized spacial score (nSPS) is 11.5. The lowest BCUT2D eigenvalue weighted by molar-refractivity contribution is -0.123. The van der Waals surface area contributed by atoms with Crippen molar-refractivity contribution in [2.24, 2.45) is 0 Å². The highest BCUT2D eigenvalue weighted by Crippen LogP contribution is 2.17. The van der Waals surface area contributed by atoms with Crippen molar-refractivity contribution < 1.29 is 14.3 Å². The van der Waals surface area contributed by atoms with Gasteiger partial charge in [-0.2, -0.15) is 0 Å². The van der Waals surface area contributed by atoms with E-state index in [1.54, 1.807) is 24.5 Å². The fourth-order valence-electron chi connectivity index (χ4n) is 1.97. The first-order chi connectivity index (χ1) is 10.7. The van der Waals surface area contributed by atoms with Gasteiger partial charge < -0.3 is 14.8 Å². The Balaban J connectivity index is 1.80. The maximum Gasteiger partial charge on any atom is 0.258 e. The molecule has 0 bridgehead atoms. The molecule has 0 aliphatic carbocycles. The Morgan fingerprint density at radius 2 is 1.68 bits per heavy atom. The van der Waals surface area contributed by atoms with Gasteiger partial charge in [-0.05, 0) is 55.8 Å². The van der Waals surface area contributed by atoms with Gasteiger partial charge in [0, 0.05) is 12.4 Å². The van der Waals surface area contributed by atoms with Gasteiger partial charge >= 0.3 is 0 Å². The van der Waals surface area contributed by atoms with Crippen LogP contribution in [0.1, 0.15) is 25.5 Å². The lowest BCUT2D eigenvalue weighted by Crippen LogP contribution is -2.31. The summed E-state index contributed by atoms with van der Waals surface area (Å²) in [5, 5.41) is 2.88. The first-order valence-corrected chi connectivity index (χ1v) is 7.24. The SMILES string of the molecule is CCOc1ccc(OCC(=O)NC(C)c2ccncc2)cc1. The second-order valence-electron chi connectivity index (χ2n) is 4.76. The Labute approximate surface area is 130 Å². The van der Waals surface area contributed by atoms with Crippen LogP contribution in [0.2, 0.25) is 0 Å². The van der Waals surface area contributed by atoms with Gasteiger partial charge in [-0.15, -0.1) is 0 Å². The Kier molecular flexibility index (Phi) is 5.77. The van der Waals surface area contributed by atoms with E-state index in [0.29, 0.717) is 12.4 Å². The summed E-state index contributed by atoms with van der Waals surface area (Å²) in [5.74, 6) is 1.25. The van der Waals surface area contributed by atoms with E-state index in [0.717, 1.165) is 11.3 Å². The third kappa shape index (κ3) is 4.77. The van der Waals surface area contributed by atoms with E-state index in [1.807, 2.05) is 38.1 Å². The van der Waals surface area contributed by atoms with Crippen molar-refractivity contribution in [2.45, 2.75) is 19.9 Å². The highest BCUT2D eigenvalue weighted by Gasteiger charge is 2.09. The number of aromatic nitrogens is 1. The number of benzene rings is 1. The zero-order chi connectivity index (χ0) is 15.8. The molecular formula is C17H20N2O3. The summed E-state index contributed by atoms with van der Waals surface area (Å²) in [6, 6.07) is 10.9. The summed E-state index contributed by atoms with van der Waals surface area (Å²) >= 11 is 0. The first-order valence-electron chi connectivity index (χ1n) is 7.24. The molecule has 116 valence electrons. The molecule has 1 N–H and O–H groups in total. The molecule has 1 aromatic heterocycles. The number of carbonyl (C=O) groups excluding carboxylic acids is 1. The van der Waals surface area contributed by atoms with E-state index in [-0.39, 0.29) is 18.6 Å². The molecule has 0 fully saturated rings. The fraction of sp³-hybridized carbons (Fsp3) is 0.294. The molecule has 0 saturated heterocycles. The minimum atomic E-state index is -0.168. The third-order valence-corrected chi connectivity index (χ3v) is 3.09. The summed E-state index contributed by atoms with van der Waals surface area (Å²) in [4.78, 5) is 15.8. The van der Waals surface area contributed by atoms with Crippen LogP contribution < -0.4 is 14.8 Å². The molecule has 0 radical (unpaired) electrons. The van der Waals surface area contributed by atoms with Crippen LogP contribution in [0.25, 0.3) is 0 Å². The first kappa shape index (κ1) is 15.8. The van der Waals surface area contributed by atoms with Crippen molar-refractivity contribution in [3.8, 4) is 11.5 Å². The minimum Gasteiger partial charge on any atom is -0.494 e. The number of ether oxygens (including phenoxy) is 2. The fourth-order valence-corrected chi connectivity index (χ4v) is 1.97. The molecule has 0 spiro atoms. The molecule has 1 atom stereocenters. The zero-order valence-electron chi connectivity index (χ0n) is 12.8. The van der Waals surface area contributed by atoms with Gasteiger partial charge in [0.15, 0.2) is 6.61 Å². The van der Waals surface area contributed by atoms with Gasteiger partial charge in [-0.25, -0.2) is 0 Å². The number of nitrogens with one attached hydrogen (secondary N) is 1. The Hall–Kier alpha value is -2.56. The average molecular weight is 300 g/mol. The molecule has 1 heterocycles.